The van der Waals surface area contributed by atoms with Crippen molar-refractivity contribution in [3.8, 4) is 0 Å². The molecule has 1 rings (SSSR count). The second-order valence-electron chi connectivity index (χ2n) is 3.85. The van der Waals surface area contributed by atoms with Crippen molar-refractivity contribution in [2.24, 2.45) is 10.8 Å². The van der Waals surface area contributed by atoms with Crippen LogP contribution in [0.4, 0.5) is 0 Å². The van der Waals surface area contributed by atoms with Crippen molar-refractivity contribution in [1.82, 2.24) is 15.7 Å². The molecule has 0 saturated carbocycles. The fourth-order valence-corrected chi connectivity index (χ4v) is 1.41. The Bertz CT molecular complexity index is 380. The van der Waals surface area contributed by atoms with Gasteiger partial charge in [0.2, 0.25) is 5.96 Å². The maximum absolute atomic E-state index is 5.39. The number of nitrogens with one attached hydrogen (secondary N) is 2. The van der Waals surface area contributed by atoms with Crippen LogP contribution in [0.3, 0.4) is 0 Å². The predicted octanol–water partition coefficient (Wildman–Crippen LogP) is 0.335. The van der Waals surface area contributed by atoms with Crippen LogP contribution in [-0.2, 0) is 11.3 Å². The van der Waals surface area contributed by atoms with Gasteiger partial charge in [-0.05, 0) is 25.0 Å². The van der Waals surface area contributed by atoms with E-state index in [4.69, 9.17) is 10.6 Å². The molecule has 0 aliphatic heterocycles. The van der Waals surface area contributed by atoms with Crippen LogP contribution in [0, 0.1) is 6.92 Å². The summed E-state index contributed by atoms with van der Waals surface area (Å²) in [5, 5.41) is 3.10. The lowest BCUT2D eigenvalue weighted by atomic mass is 10.2. The zero-order valence-corrected chi connectivity index (χ0v) is 10.9. The summed E-state index contributed by atoms with van der Waals surface area (Å²) >= 11 is 0. The van der Waals surface area contributed by atoms with E-state index in [1.54, 1.807) is 13.3 Å². The van der Waals surface area contributed by atoms with E-state index in [1.165, 1.54) is 0 Å². The minimum atomic E-state index is 0.503. The van der Waals surface area contributed by atoms with Crippen LogP contribution >= 0.6 is 0 Å². The van der Waals surface area contributed by atoms with Gasteiger partial charge in [0.25, 0.3) is 0 Å². The molecule has 0 aliphatic rings. The van der Waals surface area contributed by atoms with E-state index in [-0.39, 0.29) is 0 Å². The van der Waals surface area contributed by atoms with Gasteiger partial charge in [0.05, 0.1) is 12.2 Å². The summed E-state index contributed by atoms with van der Waals surface area (Å²) in [5.74, 6) is 5.96. The van der Waals surface area contributed by atoms with Crippen LogP contribution in [0.5, 0.6) is 0 Å². The molecule has 0 saturated heterocycles. The maximum Gasteiger partial charge on any atom is 0.206 e. The van der Waals surface area contributed by atoms with Gasteiger partial charge in [-0.15, -0.1) is 0 Å². The number of nitrogens with zero attached hydrogens (tertiary/aromatic N) is 2. The van der Waals surface area contributed by atoms with Gasteiger partial charge in [0.1, 0.15) is 0 Å². The summed E-state index contributed by atoms with van der Waals surface area (Å²) in [7, 11) is 1.68. The van der Waals surface area contributed by atoms with Crippen molar-refractivity contribution in [2.45, 2.75) is 19.9 Å². The van der Waals surface area contributed by atoms with Crippen LogP contribution in [0.1, 0.15) is 17.7 Å². The zero-order chi connectivity index (χ0) is 13.2. The molecule has 0 aromatic carbocycles. The molecule has 100 valence electrons. The second kappa shape index (κ2) is 8.43. The maximum atomic E-state index is 5.39. The van der Waals surface area contributed by atoms with E-state index in [9.17, 15) is 0 Å². The number of pyridine rings is 1. The third-order valence-electron chi connectivity index (χ3n) is 2.46. The lowest BCUT2D eigenvalue weighted by molar-refractivity contribution is 0.195. The minimum absolute atomic E-state index is 0.503. The predicted molar refractivity (Wildman–Crippen MR) is 71.9 cm³/mol. The summed E-state index contributed by atoms with van der Waals surface area (Å²) < 4.78 is 4.96. The quantitative estimate of drug-likeness (QED) is 0.223. The van der Waals surface area contributed by atoms with Gasteiger partial charge in [-0.3, -0.25) is 10.4 Å². The summed E-state index contributed by atoms with van der Waals surface area (Å²) in [5.41, 5.74) is 4.61. The minimum Gasteiger partial charge on any atom is -0.385 e. The van der Waals surface area contributed by atoms with E-state index < -0.39 is 0 Å². The first-order chi connectivity index (χ1) is 8.77. The van der Waals surface area contributed by atoms with Crippen molar-refractivity contribution in [1.29, 1.82) is 0 Å². The Morgan fingerprint density at radius 3 is 3.06 bits per heavy atom. The van der Waals surface area contributed by atoms with Crippen molar-refractivity contribution in [3.63, 3.8) is 0 Å². The normalized spacial score (nSPS) is 11.4. The topological polar surface area (TPSA) is 84.6 Å². The number of aliphatic imine (C=N–C) groups is 1. The Balaban J connectivity index is 2.45. The highest BCUT2D eigenvalue weighted by Crippen LogP contribution is 2.03. The molecule has 0 unspecified atom stereocenters. The lowest BCUT2D eigenvalue weighted by Crippen LogP contribution is -2.42. The Hall–Kier alpha value is -1.66. The highest BCUT2D eigenvalue weighted by Gasteiger charge is 1.99. The summed E-state index contributed by atoms with van der Waals surface area (Å²) in [4.78, 5) is 8.61. The molecule has 1 aromatic rings. The Morgan fingerprint density at radius 1 is 1.56 bits per heavy atom. The first-order valence-corrected chi connectivity index (χ1v) is 5.92. The molecule has 0 radical (unpaired) electrons. The molecule has 0 amide bonds. The Morgan fingerprint density at radius 2 is 2.39 bits per heavy atom. The standard InChI is InChI=1S/C12H21N5O/c1-10-5-3-6-14-11(10)9-16-12(17-13)15-7-4-8-18-2/h3,5-6H,4,7-9,13H2,1-2H3,(H2,15,16,17). The molecule has 0 fully saturated rings. The molecular formula is C12H21N5O. The fraction of sp³-hybridized carbons (Fsp3) is 0.500. The van der Waals surface area contributed by atoms with Gasteiger partial charge < -0.3 is 10.1 Å². The highest BCUT2D eigenvalue weighted by atomic mass is 16.5. The molecule has 0 bridgehead atoms. The number of hydrogen-bond acceptors (Lipinski definition) is 4. The summed E-state index contributed by atoms with van der Waals surface area (Å²) in [6, 6.07) is 3.92. The van der Waals surface area contributed by atoms with Gasteiger partial charge in [0, 0.05) is 26.5 Å². The van der Waals surface area contributed by atoms with E-state index >= 15 is 0 Å². The van der Waals surface area contributed by atoms with E-state index in [2.05, 4.69) is 20.7 Å². The SMILES string of the molecule is COCCCNC(=NCc1ncccc1C)NN. The lowest BCUT2D eigenvalue weighted by Gasteiger charge is -2.09. The third-order valence-corrected chi connectivity index (χ3v) is 2.46. The fourth-order valence-electron chi connectivity index (χ4n) is 1.41. The van der Waals surface area contributed by atoms with Crippen LogP contribution in [0.25, 0.3) is 0 Å². The second-order valence-corrected chi connectivity index (χ2v) is 3.85. The number of ether oxygens (including phenoxy) is 1. The van der Waals surface area contributed by atoms with Crippen molar-refractivity contribution >= 4 is 5.96 Å². The molecule has 0 aliphatic carbocycles. The number of hydrazine groups is 1. The van der Waals surface area contributed by atoms with Gasteiger partial charge in [-0.1, -0.05) is 6.07 Å². The van der Waals surface area contributed by atoms with E-state index in [0.717, 1.165) is 24.2 Å². The highest BCUT2D eigenvalue weighted by molar-refractivity contribution is 5.79. The van der Waals surface area contributed by atoms with Crippen molar-refractivity contribution < 1.29 is 4.74 Å². The van der Waals surface area contributed by atoms with Gasteiger partial charge in [-0.2, -0.15) is 0 Å². The molecule has 6 heteroatoms. The van der Waals surface area contributed by atoms with Gasteiger partial charge in [-0.25, -0.2) is 10.8 Å². The first-order valence-electron chi connectivity index (χ1n) is 5.92. The molecule has 18 heavy (non-hydrogen) atoms. The molecular weight excluding hydrogens is 230 g/mol. The average Bonchev–Trinajstić information content (AvgIpc) is 2.40. The largest absolute Gasteiger partial charge is 0.385 e. The van der Waals surface area contributed by atoms with Crippen LogP contribution in [0.15, 0.2) is 23.3 Å². The number of aryl methyl sites for hydroxylation is 1. The average molecular weight is 251 g/mol. The monoisotopic (exact) mass is 251 g/mol. The third kappa shape index (κ3) is 5.11. The van der Waals surface area contributed by atoms with Crippen molar-refractivity contribution in [2.75, 3.05) is 20.3 Å². The number of methoxy groups -OCH3 is 1. The van der Waals surface area contributed by atoms with Crippen LogP contribution in [-0.4, -0.2) is 31.2 Å². The molecule has 4 N–H and O–H groups in total. The molecule has 1 aromatic heterocycles. The molecule has 0 atom stereocenters. The van der Waals surface area contributed by atoms with E-state index in [0.29, 0.717) is 19.1 Å². The Labute approximate surface area is 108 Å². The Kier molecular flexibility index (Phi) is 6.75. The molecule has 1 heterocycles. The molecule has 0 spiro atoms. The smallest absolute Gasteiger partial charge is 0.206 e. The number of guanidine groups is 1. The number of nitrogens with two attached hydrogens (primary N) is 1. The van der Waals surface area contributed by atoms with Gasteiger partial charge in [0.15, 0.2) is 0 Å². The number of hydrogen-bond donors (Lipinski definition) is 3. The van der Waals surface area contributed by atoms with Crippen molar-refractivity contribution in [3.05, 3.63) is 29.6 Å². The van der Waals surface area contributed by atoms with Crippen LogP contribution in [0.2, 0.25) is 0 Å². The van der Waals surface area contributed by atoms with Gasteiger partial charge >= 0.3 is 0 Å². The first kappa shape index (κ1) is 14.4. The number of aromatic nitrogens is 1. The zero-order valence-electron chi connectivity index (χ0n) is 10.9. The van der Waals surface area contributed by atoms with E-state index in [1.807, 2.05) is 19.1 Å². The number of rotatable bonds is 6. The summed E-state index contributed by atoms with van der Waals surface area (Å²) in [6.45, 7) is 3.99. The summed E-state index contributed by atoms with van der Waals surface area (Å²) in [6.07, 6.45) is 2.67. The van der Waals surface area contributed by atoms with Crippen LogP contribution < -0.4 is 16.6 Å². The molecule has 6 nitrogen and oxygen atoms in total.